The Hall–Kier alpha value is -1.75. The third kappa shape index (κ3) is 2.19. The second kappa shape index (κ2) is 4.63. The van der Waals surface area contributed by atoms with Crippen molar-refractivity contribution in [2.45, 2.75) is 6.04 Å². The number of nitrogens with zero attached hydrogens (tertiary/aromatic N) is 2. The number of nitrogens with one attached hydrogen (secondary N) is 1. The average molecular weight is 237 g/mol. The maximum atomic E-state index is 13.7. The topological polar surface area (TPSA) is 29.9 Å². The van der Waals surface area contributed by atoms with Crippen LogP contribution in [0.3, 0.4) is 0 Å². The van der Waals surface area contributed by atoms with Crippen LogP contribution in [-0.2, 0) is 7.05 Å². The van der Waals surface area contributed by atoms with E-state index in [-0.39, 0.29) is 0 Å². The van der Waals surface area contributed by atoms with Crippen molar-refractivity contribution in [3.8, 4) is 0 Å². The molecule has 0 saturated heterocycles. The third-order valence-corrected chi connectivity index (χ3v) is 2.68. The fourth-order valence-electron chi connectivity index (χ4n) is 1.81. The summed E-state index contributed by atoms with van der Waals surface area (Å²) in [4.78, 5) is 4.17. The van der Waals surface area contributed by atoms with Crippen LogP contribution in [0.1, 0.15) is 17.4 Å². The molecule has 17 heavy (non-hydrogen) atoms. The van der Waals surface area contributed by atoms with E-state index < -0.39 is 17.7 Å². The van der Waals surface area contributed by atoms with Crippen LogP contribution in [0.5, 0.6) is 0 Å². The van der Waals surface area contributed by atoms with E-state index in [0.29, 0.717) is 11.4 Å². The summed E-state index contributed by atoms with van der Waals surface area (Å²) < 4.78 is 28.3. The lowest BCUT2D eigenvalue weighted by Gasteiger charge is -2.17. The Balaban J connectivity index is 2.46. The largest absolute Gasteiger partial charge is 0.336 e. The van der Waals surface area contributed by atoms with Gasteiger partial charge in [0.2, 0.25) is 0 Å². The molecule has 1 heterocycles. The standard InChI is InChI=1S/C12H13F2N3/c1-15-11(12-16-5-6-17(12)2)9-4-3-8(13)7-10(9)14/h3-7,11,15H,1-2H3. The molecule has 0 fully saturated rings. The molecular weight excluding hydrogens is 224 g/mol. The second-order valence-electron chi connectivity index (χ2n) is 3.78. The highest BCUT2D eigenvalue weighted by molar-refractivity contribution is 5.27. The van der Waals surface area contributed by atoms with Crippen molar-refractivity contribution < 1.29 is 8.78 Å². The Morgan fingerprint density at radius 3 is 2.65 bits per heavy atom. The first-order chi connectivity index (χ1) is 8.13. The molecular formula is C12H13F2N3. The fraction of sp³-hybridized carbons (Fsp3) is 0.250. The number of imidazole rings is 1. The van der Waals surface area contributed by atoms with Crippen molar-refractivity contribution in [1.29, 1.82) is 0 Å². The minimum absolute atomic E-state index is 0.378. The number of aryl methyl sites for hydroxylation is 1. The molecule has 0 bridgehead atoms. The van der Waals surface area contributed by atoms with E-state index in [2.05, 4.69) is 10.3 Å². The lowest BCUT2D eigenvalue weighted by molar-refractivity contribution is 0.536. The molecule has 3 nitrogen and oxygen atoms in total. The van der Waals surface area contributed by atoms with Crippen LogP contribution in [0, 0.1) is 11.6 Å². The van der Waals surface area contributed by atoms with Crippen LogP contribution in [0.2, 0.25) is 0 Å². The Morgan fingerprint density at radius 1 is 1.35 bits per heavy atom. The predicted octanol–water partition coefficient (Wildman–Crippen LogP) is 2.01. The van der Waals surface area contributed by atoms with Gasteiger partial charge in [0.15, 0.2) is 0 Å². The van der Waals surface area contributed by atoms with Crippen LogP contribution >= 0.6 is 0 Å². The summed E-state index contributed by atoms with van der Waals surface area (Å²) in [7, 11) is 3.54. The van der Waals surface area contributed by atoms with Gasteiger partial charge in [0, 0.05) is 31.1 Å². The highest BCUT2D eigenvalue weighted by Gasteiger charge is 2.19. The molecule has 0 aliphatic rings. The minimum Gasteiger partial charge on any atom is -0.336 e. The van der Waals surface area contributed by atoms with E-state index in [1.165, 1.54) is 12.1 Å². The molecule has 0 radical (unpaired) electrons. The molecule has 1 N–H and O–H groups in total. The SMILES string of the molecule is CNC(c1ccc(F)cc1F)c1nccn1C. The Labute approximate surface area is 98.1 Å². The van der Waals surface area contributed by atoms with Gasteiger partial charge in [0.05, 0.1) is 6.04 Å². The Morgan fingerprint density at radius 2 is 2.12 bits per heavy atom. The number of rotatable bonds is 3. The first-order valence-corrected chi connectivity index (χ1v) is 5.23. The van der Waals surface area contributed by atoms with E-state index in [0.717, 1.165) is 6.07 Å². The van der Waals surface area contributed by atoms with Gasteiger partial charge in [0.1, 0.15) is 17.5 Å². The average Bonchev–Trinajstić information content (AvgIpc) is 2.69. The van der Waals surface area contributed by atoms with Gasteiger partial charge in [-0.3, -0.25) is 0 Å². The molecule has 2 rings (SSSR count). The van der Waals surface area contributed by atoms with Crippen LogP contribution in [0.15, 0.2) is 30.6 Å². The number of hydrogen-bond donors (Lipinski definition) is 1. The van der Waals surface area contributed by atoms with E-state index in [1.54, 1.807) is 24.0 Å². The minimum atomic E-state index is -0.582. The molecule has 1 atom stereocenters. The monoisotopic (exact) mass is 237 g/mol. The second-order valence-corrected chi connectivity index (χ2v) is 3.78. The van der Waals surface area contributed by atoms with Crippen molar-refractivity contribution in [2.75, 3.05) is 7.05 Å². The molecule has 1 aromatic heterocycles. The molecule has 0 aliphatic heterocycles. The Kier molecular flexibility index (Phi) is 3.19. The summed E-state index contributed by atoms with van der Waals surface area (Å²) in [6, 6.07) is 3.16. The summed E-state index contributed by atoms with van der Waals surface area (Å²) in [5.74, 6) is -0.480. The quantitative estimate of drug-likeness (QED) is 0.885. The molecule has 0 saturated carbocycles. The fourth-order valence-corrected chi connectivity index (χ4v) is 1.81. The maximum Gasteiger partial charge on any atom is 0.131 e. The molecule has 90 valence electrons. The molecule has 5 heteroatoms. The van der Waals surface area contributed by atoms with Gasteiger partial charge in [-0.1, -0.05) is 6.07 Å². The van der Waals surface area contributed by atoms with E-state index in [1.807, 2.05) is 7.05 Å². The van der Waals surface area contributed by atoms with Gasteiger partial charge < -0.3 is 9.88 Å². The van der Waals surface area contributed by atoms with Crippen molar-refractivity contribution in [3.63, 3.8) is 0 Å². The smallest absolute Gasteiger partial charge is 0.131 e. The van der Waals surface area contributed by atoms with Crippen molar-refractivity contribution >= 4 is 0 Å². The summed E-state index contributed by atoms with van der Waals surface area (Å²) in [5, 5.41) is 2.98. The highest BCUT2D eigenvalue weighted by Crippen LogP contribution is 2.23. The number of hydrogen-bond acceptors (Lipinski definition) is 2. The van der Waals surface area contributed by atoms with Gasteiger partial charge in [-0.2, -0.15) is 0 Å². The van der Waals surface area contributed by atoms with E-state index in [9.17, 15) is 8.78 Å². The van der Waals surface area contributed by atoms with Crippen LogP contribution in [-0.4, -0.2) is 16.6 Å². The third-order valence-electron chi connectivity index (χ3n) is 2.68. The van der Waals surface area contributed by atoms with Crippen LogP contribution < -0.4 is 5.32 Å². The zero-order valence-corrected chi connectivity index (χ0v) is 9.61. The molecule has 1 unspecified atom stereocenters. The highest BCUT2D eigenvalue weighted by atomic mass is 19.1. The first-order valence-electron chi connectivity index (χ1n) is 5.23. The van der Waals surface area contributed by atoms with Gasteiger partial charge in [-0.15, -0.1) is 0 Å². The molecule has 0 aliphatic carbocycles. The lowest BCUT2D eigenvalue weighted by Crippen LogP contribution is -2.22. The molecule has 0 amide bonds. The summed E-state index contributed by atoms with van der Waals surface area (Å²) >= 11 is 0. The van der Waals surface area contributed by atoms with Gasteiger partial charge in [-0.05, 0) is 13.1 Å². The zero-order valence-electron chi connectivity index (χ0n) is 9.61. The number of benzene rings is 1. The van der Waals surface area contributed by atoms with Crippen molar-refractivity contribution in [1.82, 2.24) is 14.9 Å². The predicted molar refractivity (Wildman–Crippen MR) is 60.5 cm³/mol. The Bertz CT molecular complexity index is 522. The lowest BCUT2D eigenvalue weighted by atomic mass is 10.1. The van der Waals surface area contributed by atoms with E-state index >= 15 is 0 Å². The molecule has 2 aromatic rings. The van der Waals surface area contributed by atoms with Crippen molar-refractivity contribution in [3.05, 3.63) is 53.6 Å². The van der Waals surface area contributed by atoms with Gasteiger partial charge in [0.25, 0.3) is 0 Å². The molecule has 0 spiro atoms. The van der Waals surface area contributed by atoms with Crippen LogP contribution in [0.25, 0.3) is 0 Å². The van der Waals surface area contributed by atoms with Gasteiger partial charge >= 0.3 is 0 Å². The molecule has 1 aromatic carbocycles. The summed E-state index contributed by atoms with van der Waals surface area (Å²) in [6.45, 7) is 0. The zero-order chi connectivity index (χ0) is 12.4. The first kappa shape index (κ1) is 11.7. The normalized spacial score (nSPS) is 12.7. The number of halogens is 2. The maximum absolute atomic E-state index is 13.7. The summed E-state index contributed by atoms with van der Waals surface area (Å²) in [5.41, 5.74) is 0.378. The summed E-state index contributed by atoms with van der Waals surface area (Å²) in [6.07, 6.45) is 3.42. The van der Waals surface area contributed by atoms with Crippen LogP contribution in [0.4, 0.5) is 8.78 Å². The van der Waals surface area contributed by atoms with E-state index in [4.69, 9.17) is 0 Å². The number of aromatic nitrogens is 2. The van der Waals surface area contributed by atoms with Crippen molar-refractivity contribution in [2.24, 2.45) is 7.05 Å². The van der Waals surface area contributed by atoms with Gasteiger partial charge in [-0.25, -0.2) is 13.8 Å².